The quantitative estimate of drug-likeness (QED) is 0.275. The molecule has 0 radical (unpaired) electrons. The van der Waals surface area contributed by atoms with E-state index in [9.17, 15) is 0 Å². The highest BCUT2D eigenvalue weighted by atomic mass is 16.5. The molecule has 0 heterocycles. The van der Waals surface area contributed by atoms with Crippen LogP contribution in [0, 0.1) is 0 Å². The second-order valence-electron chi connectivity index (χ2n) is 1.94. The number of hydrogen-bond acceptors (Lipinski definition) is 1. The molecule has 0 aromatic heterocycles. The van der Waals surface area contributed by atoms with E-state index in [2.05, 4.69) is 13.2 Å². The van der Waals surface area contributed by atoms with Gasteiger partial charge in [-0.1, -0.05) is 0 Å². The highest BCUT2D eigenvalue weighted by Crippen LogP contribution is 1.72. The molecule has 7 heavy (non-hydrogen) atoms. The number of hydrogen-bond donors (Lipinski definition) is 1. The molecule has 1 N–H and O–H groups in total. The van der Waals surface area contributed by atoms with Gasteiger partial charge in [0.15, 0.2) is 0 Å². The lowest BCUT2D eigenvalue weighted by Crippen LogP contribution is -2.28. The SMILES string of the molecule is C=C.C[N+](C)(C)O. The van der Waals surface area contributed by atoms with Crippen molar-refractivity contribution in [3.8, 4) is 0 Å². The molecule has 2 heteroatoms. The van der Waals surface area contributed by atoms with Crippen LogP contribution in [0.5, 0.6) is 0 Å². The Labute approximate surface area is 45.2 Å². The molecule has 0 rings (SSSR count). The Bertz CT molecular complexity index is 31.8. The van der Waals surface area contributed by atoms with Crippen LogP contribution in [-0.2, 0) is 0 Å². The molecule has 44 valence electrons. The van der Waals surface area contributed by atoms with Crippen molar-refractivity contribution in [2.45, 2.75) is 0 Å². The van der Waals surface area contributed by atoms with Gasteiger partial charge in [0.1, 0.15) is 0 Å². The molecule has 0 aromatic rings. The largest absolute Gasteiger partial charge is 0.218 e. The monoisotopic (exact) mass is 104 g/mol. The predicted molar refractivity (Wildman–Crippen MR) is 31.1 cm³/mol. The third-order valence-electron chi connectivity index (χ3n) is 0. The van der Waals surface area contributed by atoms with Crippen LogP contribution in [0.3, 0.4) is 0 Å². The zero-order valence-corrected chi connectivity index (χ0v) is 5.31. The molecule has 0 atom stereocenters. The minimum Gasteiger partial charge on any atom is -0.218 e. The van der Waals surface area contributed by atoms with Crippen LogP contribution in [0.1, 0.15) is 0 Å². The summed E-state index contributed by atoms with van der Waals surface area (Å²) in [5.74, 6) is 0. The third kappa shape index (κ3) is 656. The van der Waals surface area contributed by atoms with E-state index in [4.69, 9.17) is 5.21 Å². The van der Waals surface area contributed by atoms with Gasteiger partial charge in [0.2, 0.25) is 0 Å². The molecular formula is C5H14NO+. The fraction of sp³-hybridized carbons (Fsp3) is 0.600. The number of rotatable bonds is 0. The first-order valence-corrected chi connectivity index (χ1v) is 2.04. The van der Waals surface area contributed by atoms with Gasteiger partial charge in [-0.25, -0.2) is 5.21 Å². The zero-order chi connectivity index (χ0) is 6.50. The number of nitrogens with zero attached hydrogens (tertiary/aromatic N) is 1. The summed E-state index contributed by atoms with van der Waals surface area (Å²) in [6.45, 7) is 6.00. The second kappa shape index (κ2) is 3.84. The van der Waals surface area contributed by atoms with Crippen molar-refractivity contribution >= 4 is 0 Å². The Hall–Kier alpha value is -0.340. The van der Waals surface area contributed by atoms with E-state index in [-0.39, 0.29) is 4.65 Å². The first-order chi connectivity index (χ1) is 3.00. The fourth-order valence-corrected chi connectivity index (χ4v) is 0. The molecule has 0 aliphatic rings. The van der Waals surface area contributed by atoms with Gasteiger partial charge in [0.25, 0.3) is 0 Å². The first-order valence-electron chi connectivity index (χ1n) is 2.04. The van der Waals surface area contributed by atoms with E-state index >= 15 is 0 Å². The fourth-order valence-electron chi connectivity index (χ4n) is 0. The summed E-state index contributed by atoms with van der Waals surface area (Å²) in [4.78, 5) is 0. The summed E-state index contributed by atoms with van der Waals surface area (Å²) < 4.78 is 0. The Morgan fingerprint density at radius 3 is 1.14 bits per heavy atom. The normalized spacial score (nSPS) is 9.14. The molecular weight excluding hydrogens is 90.1 g/mol. The molecule has 2 nitrogen and oxygen atoms in total. The average molecular weight is 104 g/mol. The standard InChI is InChI=1S/C3H10NO.C2H4/c1-4(2,3)5;1-2/h5H,1-3H3;1-2H2/q+1;. The summed E-state index contributed by atoms with van der Waals surface area (Å²) in [6.07, 6.45) is 0. The van der Waals surface area contributed by atoms with Gasteiger partial charge in [-0.15, -0.1) is 13.2 Å². The third-order valence-corrected chi connectivity index (χ3v) is 0. The minimum atomic E-state index is 0. The minimum absolute atomic E-state index is 0. The van der Waals surface area contributed by atoms with Crippen molar-refractivity contribution in [3.63, 3.8) is 0 Å². The lowest BCUT2D eigenvalue weighted by atomic mass is 11.0. The van der Waals surface area contributed by atoms with E-state index in [0.717, 1.165) is 0 Å². The van der Waals surface area contributed by atoms with E-state index in [1.807, 2.05) is 0 Å². The summed E-state index contributed by atoms with van der Waals surface area (Å²) in [7, 11) is 5.04. The first kappa shape index (κ1) is 9.83. The number of hydroxylamine groups is 3. The molecule has 0 aliphatic heterocycles. The smallest absolute Gasteiger partial charge is 0.0979 e. The summed E-state index contributed by atoms with van der Waals surface area (Å²) in [5, 5.41) is 8.46. The van der Waals surface area contributed by atoms with Crippen LogP contribution >= 0.6 is 0 Å². The van der Waals surface area contributed by atoms with Crippen LogP contribution in [0.15, 0.2) is 13.2 Å². The molecule has 0 amide bonds. The molecule has 0 spiro atoms. The van der Waals surface area contributed by atoms with Gasteiger partial charge in [-0.05, 0) is 0 Å². The highest BCUT2D eigenvalue weighted by molar-refractivity contribution is 4.22. The van der Waals surface area contributed by atoms with Crippen molar-refractivity contribution in [2.24, 2.45) is 0 Å². The van der Waals surface area contributed by atoms with Gasteiger partial charge in [-0.3, -0.25) is 0 Å². The summed E-state index contributed by atoms with van der Waals surface area (Å²) in [5.41, 5.74) is 0. The summed E-state index contributed by atoms with van der Waals surface area (Å²) >= 11 is 0. The molecule has 0 saturated heterocycles. The Kier molecular flexibility index (Phi) is 5.39. The van der Waals surface area contributed by atoms with Crippen molar-refractivity contribution < 1.29 is 9.85 Å². The maximum Gasteiger partial charge on any atom is 0.0979 e. The van der Waals surface area contributed by atoms with Crippen LogP contribution in [0.4, 0.5) is 0 Å². The van der Waals surface area contributed by atoms with Gasteiger partial charge in [-0.2, -0.15) is 4.65 Å². The summed E-state index contributed by atoms with van der Waals surface area (Å²) in [6, 6.07) is 0. The van der Waals surface area contributed by atoms with Crippen molar-refractivity contribution in [1.29, 1.82) is 0 Å². The molecule has 0 bridgehead atoms. The van der Waals surface area contributed by atoms with Crippen molar-refractivity contribution in [2.75, 3.05) is 21.1 Å². The molecule has 0 fully saturated rings. The zero-order valence-electron chi connectivity index (χ0n) is 5.31. The Morgan fingerprint density at radius 2 is 1.14 bits per heavy atom. The van der Waals surface area contributed by atoms with E-state index in [1.165, 1.54) is 0 Å². The molecule has 0 saturated carbocycles. The van der Waals surface area contributed by atoms with Crippen molar-refractivity contribution in [1.82, 2.24) is 0 Å². The van der Waals surface area contributed by atoms with E-state index < -0.39 is 0 Å². The second-order valence-corrected chi connectivity index (χ2v) is 1.94. The van der Waals surface area contributed by atoms with Crippen LogP contribution in [-0.4, -0.2) is 31.0 Å². The maximum absolute atomic E-state index is 8.46. The Balaban J connectivity index is 0. The van der Waals surface area contributed by atoms with Crippen LogP contribution in [0.2, 0.25) is 0 Å². The predicted octanol–water partition coefficient (Wildman–Crippen LogP) is 0.884. The van der Waals surface area contributed by atoms with Gasteiger partial charge >= 0.3 is 0 Å². The van der Waals surface area contributed by atoms with Crippen molar-refractivity contribution in [3.05, 3.63) is 13.2 Å². The lowest BCUT2D eigenvalue weighted by molar-refractivity contribution is -1.06. The molecule has 0 aromatic carbocycles. The highest BCUT2D eigenvalue weighted by Gasteiger charge is 1.92. The van der Waals surface area contributed by atoms with Gasteiger partial charge in [0, 0.05) is 0 Å². The van der Waals surface area contributed by atoms with Gasteiger partial charge in [0.05, 0.1) is 21.1 Å². The van der Waals surface area contributed by atoms with Gasteiger partial charge < -0.3 is 0 Å². The maximum atomic E-state index is 8.46. The molecule has 0 aliphatic carbocycles. The van der Waals surface area contributed by atoms with Crippen LogP contribution in [0.25, 0.3) is 0 Å². The lowest BCUT2D eigenvalue weighted by Gasteiger charge is -2.09. The number of quaternary nitrogens is 1. The topological polar surface area (TPSA) is 20.2 Å². The average Bonchev–Trinajstić information content (AvgIpc) is 1.36. The molecule has 0 unspecified atom stereocenters. The van der Waals surface area contributed by atoms with E-state index in [0.29, 0.717) is 0 Å². The van der Waals surface area contributed by atoms with Crippen LogP contribution < -0.4 is 0 Å². The Morgan fingerprint density at radius 1 is 1.14 bits per heavy atom. The van der Waals surface area contributed by atoms with E-state index in [1.54, 1.807) is 21.1 Å².